The molecular weight excluding hydrogens is 240 g/mol. The molecule has 2 N–H and O–H groups in total. The Morgan fingerprint density at radius 1 is 1.26 bits per heavy atom. The van der Waals surface area contributed by atoms with Crippen molar-refractivity contribution in [1.29, 1.82) is 0 Å². The topological polar surface area (TPSA) is 50.4 Å². The Morgan fingerprint density at radius 3 is 2.58 bits per heavy atom. The van der Waals surface area contributed by atoms with Crippen LogP contribution in [-0.4, -0.2) is 13.1 Å². The Morgan fingerprint density at radius 2 is 1.95 bits per heavy atom. The van der Waals surface area contributed by atoms with Gasteiger partial charge in [-0.1, -0.05) is 17.7 Å². The number of amides is 2. The third-order valence-electron chi connectivity index (χ3n) is 3.27. The van der Waals surface area contributed by atoms with Gasteiger partial charge in [-0.05, 0) is 43.4 Å². The average Bonchev–Trinajstić information content (AvgIpc) is 2.96. The molecule has 2 rings (SSSR count). The minimum atomic E-state index is -0.157. The van der Waals surface area contributed by atoms with Crippen LogP contribution in [0.25, 0.3) is 0 Å². The molecule has 0 spiro atoms. The van der Waals surface area contributed by atoms with Crippen molar-refractivity contribution in [2.24, 2.45) is 0 Å². The van der Waals surface area contributed by atoms with Gasteiger partial charge in [-0.15, -0.1) is 0 Å². The molecule has 2 amide bonds. The average molecular weight is 260 g/mol. The molecule has 102 valence electrons. The molecule has 4 nitrogen and oxygen atoms in total. The van der Waals surface area contributed by atoms with Crippen molar-refractivity contribution in [2.75, 3.05) is 7.11 Å². The first-order valence-electron chi connectivity index (χ1n) is 6.63. The molecule has 0 radical (unpaired) electrons. The van der Waals surface area contributed by atoms with Gasteiger partial charge >= 0.3 is 6.03 Å². The van der Waals surface area contributed by atoms with Gasteiger partial charge < -0.3 is 15.4 Å². The van der Waals surface area contributed by atoms with E-state index in [4.69, 9.17) is 4.74 Å². The standard InChI is InChI=1S/C15H20N2O2/c1-19-14-8-6-13(7-9-14)11-17-15(18)16-10-12-4-2-3-5-12/h6-10H,2-5,11H2,1H3,(H2,16,17,18). The molecule has 1 fully saturated rings. The van der Waals surface area contributed by atoms with Crippen LogP contribution in [0, 0.1) is 0 Å². The third kappa shape index (κ3) is 4.32. The molecule has 1 aromatic rings. The van der Waals surface area contributed by atoms with Crippen LogP contribution in [-0.2, 0) is 6.54 Å². The molecule has 4 heteroatoms. The number of urea groups is 1. The van der Waals surface area contributed by atoms with E-state index in [0.717, 1.165) is 24.2 Å². The van der Waals surface area contributed by atoms with E-state index in [1.807, 2.05) is 30.5 Å². The molecule has 19 heavy (non-hydrogen) atoms. The van der Waals surface area contributed by atoms with E-state index >= 15 is 0 Å². The van der Waals surface area contributed by atoms with Crippen molar-refractivity contribution in [3.63, 3.8) is 0 Å². The summed E-state index contributed by atoms with van der Waals surface area (Å²) in [6, 6.07) is 7.49. The van der Waals surface area contributed by atoms with Crippen LogP contribution >= 0.6 is 0 Å². The summed E-state index contributed by atoms with van der Waals surface area (Å²) in [4.78, 5) is 11.6. The van der Waals surface area contributed by atoms with Crippen molar-refractivity contribution >= 4 is 6.03 Å². The van der Waals surface area contributed by atoms with Crippen molar-refractivity contribution in [3.05, 3.63) is 41.6 Å². The second-order valence-electron chi connectivity index (χ2n) is 4.68. The second-order valence-corrected chi connectivity index (χ2v) is 4.68. The highest BCUT2D eigenvalue weighted by molar-refractivity contribution is 5.75. The van der Waals surface area contributed by atoms with Gasteiger partial charge in [0.2, 0.25) is 0 Å². The minimum absolute atomic E-state index is 0.157. The maximum absolute atomic E-state index is 11.6. The monoisotopic (exact) mass is 260 g/mol. The fourth-order valence-electron chi connectivity index (χ4n) is 2.12. The van der Waals surface area contributed by atoms with E-state index in [-0.39, 0.29) is 6.03 Å². The number of hydrogen-bond donors (Lipinski definition) is 2. The summed E-state index contributed by atoms with van der Waals surface area (Å²) >= 11 is 0. The number of rotatable bonds is 4. The molecule has 0 bridgehead atoms. The number of benzene rings is 1. The van der Waals surface area contributed by atoms with Crippen LogP contribution < -0.4 is 15.4 Å². The number of allylic oxidation sites excluding steroid dienone is 1. The Hall–Kier alpha value is -1.97. The third-order valence-corrected chi connectivity index (χ3v) is 3.27. The van der Waals surface area contributed by atoms with Gasteiger partial charge in [0.05, 0.1) is 7.11 Å². The van der Waals surface area contributed by atoms with Gasteiger partial charge in [0.15, 0.2) is 0 Å². The summed E-state index contributed by atoms with van der Waals surface area (Å²) in [7, 11) is 1.64. The molecule has 0 atom stereocenters. The molecule has 0 saturated heterocycles. The number of ether oxygens (including phenoxy) is 1. The highest BCUT2D eigenvalue weighted by Crippen LogP contribution is 2.22. The van der Waals surface area contributed by atoms with Crippen molar-refractivity contribution in [1.82, 2.24) is 10.6 Å². The van der Waals surface area contributed by atoms with E-state index < -0.39 is 0 Å². The lowest BCUT2D eigenvalue weighted by Gasteiger charge is -2.06. The molecule has 1 aliphatic carbocycles. The maximum atomic E-state index is 11.6. The highest BCUT2D eigenvalue weighted by Gasteiger charge is 2.06. The highest BCUT2D eigenvalue weighted by atomic mass is 16.5. The fraction of sp³-hybridized carbons (Fsp3) is 0.400. The van der Waals surface area contributed by atoms with Crippen LogP contribution in [0.15, 0.2) is 36.0 Å². The van der Waals surface area contributed by atoms with Crippen molar-refractivity contribution in [2.45, 2.75) is 32.2 Å². The van der Waals surface area contributed by atoms with Gasteiger partial charge in [0.1, 0.15) is 5.75 Å². The first kappa shape index (κ1) is 13.5. The van der Waals surface area contributed by atoms with Gasteiger partial charge in [0.25, 0.3) is 0 Å². The van der Waals surface area contributed by atoms with Crippen molar-refractivity contribution in [3.8, 4) is 5.75 Å². The lowest BCUT2D eigenvalue weighted by atomic mass is 10.2. The van der Waals surface area contributed by atoms with E-state index in [1.165, 1.54) is 18.4 Å². The Labute approximate surface area is 113 Å². The minimum Gasteiger partial charge on any atom is -0.497 e. The normalized spacial score (nSPS) is 14.1. The maximum Gasteiger partial charge on any atom is 0.319 e. The van der Waals surface area contributed by atoms with Crippen LogP contribution in [0.4, 0.5) is 4.79 Å². The van der Waals surface area contributed by atoms with E-state index in [2.05, 4.69) is 10.6 Å². The number of hydrogen-bond acceptors (Lipinski definition) is 2. The molecule has 0 heterocycles. The number of carbonyl (C=O) groups is 1. The zero-order valence-electron chi connectivity index (χ0n) is 11.2. The van der Waals surface area contributed by atoms with E-state index in [1.54, 1.807) is 7.11 Å². The predicted molar refractivity (Wildman–Crippen MR) is 74.9 cm³/mol. The fourth-order valence-corrected chi connectivity index (χ4v) is 2.12. The first-order chi connectivity index (χ1) is 9.28. The molecule has 0 aliphatic heterocycles. The summed E-state index contributed by atoms with van der Waals surface area (Å²) < 4.78 is 5.08. The summed E-state index contributed by atoms with van der Waals surface area (Å²) in [5.41, 5.74) is 2.38. The summed E-state index contributed by atoms with van der Waals surface area (Å²) in [6.07, 6.45) is 6.54. The molecule has 1 aromatic carbocycles. The van der Waals surface area contributed by atoms with Crippen LogP contribution in [0.5, 0.6) is 5.75 Å². The SMILES string of the molecule is COc1ccc(CNC(=O)NC=C2CCCC2)cc1. The lowest BCUT2D eigenvalue weighted by Crippen LogP contribution is -2.31. The molecule has 1 saturated carbocycles. The summed E-state index contributed by atoms with van der Waals surface area (Å²) in [6.45, 7) is 0.513. The smallest absolute Gasteiger partial charge is 0.319 e. The quantitative estimate of drug-likeness (QED) is 0.874. The van der Waals surface area contributed by atoms with Crippen molar-refractivity contribution < 1.29 is 9.53 Å². The lowest BCUT2D eigenvalue weighted by molar-refractivity contribution is 0.243. The summed E-state index contributed by atoms with van der Waals surface area (Å²) in [5, 5.41) is 5.61. The number of nitrogens with one attached hydrogen (secondary N) is 2. The Balaban J connectivity index is 1.74. The van der Waals surface area contributed by atoms with Crippen LogP contribution in [0.2, 0.25) is 0 Å². The molecule has 0 unspecified atom stereocenters. The Kier molecular flexibility index (Phi) is 4.84. The number of methoxy groups -OCH3 is 1. The number of carbonyl (C=O) groups excluding carboxylic acids is 1. The predicted octanol–water partition coefficient (Wildman–Crippen LogP) is 2.95. The van der Waals surface area contributed by atoms with Gasteiger partial charge in [0, 0.05) is 12.7 Å². The van der Waals surface area contributed by atoms with E-state index in [0.29, 0.717) is 6.54 Å². The zero-order valence-corrected chi connectivity index (χ0v) is 11.2. The van der Waals surface area contributed by atoms with Crippen LogP contribution in [0.1, 0.15) is 31.2 Å². The Bertz CT molecular complexity index is 444. The zero-order chi connectivity index (χ0) is 13.5. The summed E-state index contributed by atoms with van der Waals surface area (Å²) in [5.74, 6) is 0.819. The van der Waals surface area contributed by atoms with Gasteiger partial charge in [-0.3, -0.25) is 0 Å². The van der Waals surface area contributed by atoms with E-state index in [9.17, 15) is 4.79 Å². The largest absolute Gasteiger partial charge is 0.497 e. The first-order valence-corrected chi connectivity index (χ1v) is 6.63. The van der Waals surface area contributed by atoms with Crippen LogP contribution in [0.3, 0.4) is 0 Å². The van der Waals surface area contributed by atoms with Gasteiger partial charge in [-0.25, -0.2) is 4.79 Å². The van der Waals surface area contributed by atoms with Gasteiger partial charge in [-0.2, -0.15) is 0 Å². The molecule has 1 aliphatic rings. The molecular formula is C15H20N2O2. The second kappa shape index (κ2) is 6.83. The molecule has 0 aromatic heterocycles.